The van der Waals surface area contributed by atoms with E-state index in [1.165, 1.54) is 17.2 Å². The van der Waals surface area contributed by atoms with Crippen molar-refractivity contribution in [1.82, 2.24) is 4.90 Å². The summed E-state index contributed by atoms with van der Waals surface area (Å²) in [6, 6.07) is 8.52. The molecule has 6 atom stereocenters. The van der Waals surface area contributed by atoms with Crippen LogP contribution in [-0.2, 0) is 38.0 Å². The van der Waals surface area contributed by atoms with Crippen LogP contribution in [0.3, 0.4) is 0 Å². The van der Waals surface area contributed by atoms with Gasteiger partial charge in [0.15, 0.2) is 29.2 Å². The summed E-state index contributed by atoms with van der Waals surface area (Å²) in [6.45, 7) is 8.91. The zero-order valence-corrected chi connectivity index (χ0v) is 21.0. The van der Waals surface area contributed by atoms with Crippen LogP contribution in [0.15, 0.2) is 42.6 Å². The molecule has 5 rings (SSSR count). The molecular weight excluding hydrogens is 470 g/mol. The third-order valence-electron chi connectivity index (χ3n) is 6.80. The molecule has 1 aromatic carbocycles. The minimum atomic E-state index is -1.56. The zero-order chi connectivity index (χ0) is 25.9. The molecule has 0 bridgehead atoms. The maximum Gasteiger partial charge on any atom is 0.338 e. The SMILES string of the molecule is CC1(C)OCC2O[C@@H](N3C=CC(=O)CC3=O)[C@](C)(OC(=O)c3ccccc3)[C@H]3OC(C)(C)OC3[C@@H]2O1. The summed E-state index contributed by atoms with van der Waals surface area (Å²) in [5, 5.41) is 0. The molecule has 2 unspecified atom stereocenters. The van der Waals surface area contributed by atoms with Crippen LogP contribution in [0.25, 0.3) is 0 Å². The second-order valence-electron chi connectivity index (χ2n) is 10.5. The maximum atomic E-state index is 13.4. The molecule has 0 spiro atoms. The van der Waals surface area contributed by atoms with Gasteiger partial charge in [0.05, 0.1) is 18.6 Å². The van der Waals surface area contributed by atoms with E-state index in [0.717, 1.165) is 0 Å². The highest BCUT2D eigenvalue weighted by Crippen LogP contribution is 2.47. The highest BCUT2D eigenvalue weighted by molar-refractivity contribution is 6.06. The van der Waals surface area contributed by atoms with Crippen LogP contribution in [0, 0.1) is 0 Å². The number of rotatable bonds is 3. The van der Waals surface area contributed by atoms with Crippen LogP contribution in [0.5, 0.6) is 0 Å². The number of ketones is 1. The van der Waals surface area contributed by atoms with Crippen LogP contribution in [0.1, 0.15) is 51.4 Å². The van der Waals surface area contributed by atoms with Gasteiger partial charge in [0.2, 0.25) is 5.91 Å². The van der Waals surface area contributed by atoms with Crippen LogP contribution in [0.4, 0.5) is 0 Å². The number of esters is 1. The van der Waals surface area contributed by atoms with Gasteiger partial charge in [-0.2, -0.15) is 0 Å². The Morgan fingerprint density at radius 3 is 2.36 bits per heavy atom. The summed E-state index contributed by atoms with van der Waals surface area (Å²) in [7, 11) is 0. The van der Waals surface area contributed by atoms with Gasteiger partial charge in [-0.25, -0.2) is 4.79 Å². The van der Waals surface area contributed by atoms with Crippen molar-refractivity contribution < 1.29 is 42.8 Å². The number of ether oxygens (including phenoxy) is 6. The molecule has 1 aromatic rings. The van der Waals surface area contributed by atoms with E-state index in [9.17, 15) is 14.4 Å². The third kappa shape index (κ3) is 4.48. The van der Waals surface area contributed by atoms with Crippen LogP contribution < -0.4 is 0 Å². The minimum Gasteiger partial charge on any atom is -0.448 e. The molecule has 36 heavy (non-hydrogen) atoms. The van der Waals surface area contributed by atoms with Crippen LogP contribution in [-0.4, -0.2) is 77.0 Å². The van der Waals surface area contributed by atoms with Gasteiger partial charge in [-0.3, -0.25) is 14.5 Å². The van der Waals surface area contributed by atoms with Gasteiger partial charge in [-0.05, 0) is 52.8 Å². The average Bonchev–Trinajstić information content (AvgIpc) is 3.11. The molecule has 3 saturated heterocycles. The summed E-state index contributed by atoms with van der Waals surface area (Å²) in [5.74, 6) is -3.39. The van der Waals surface area contributed by atoms with Gasteiger partial charge < -0.3 is 28.4 Å². The summed E-state index contributed by atoms with van der Waals surface area (Å²) in [4.78, 5) is 39.6. The average molecular weight is 502 g/mol. The molecule has 4 heterocycles. The molecule has 10 nitrogen and oxygen atoms in total. The topological polar surface area (TPSA) is 110 Å². The summed E-state index contributed by atoms with van der Waals surface area (Å²) >= 11 is 0. The fourth-order valence-corrected chi connectivity index (χ4v) is 5.16. The second-order valence-corrected chi connectivity index (χ2v) is 10.5. The Hall–Kier alpha value is -2.63. The molecule has 0 radical (unpaired) electrons. The van der Waals surface area contributed by atoms with Crippen molar-refractivity contribution in [3.63, 3.8) is 0 Å². The summed E-state index contributed by atoms with van der Waals surface area (Å²) in [5.41, 5.74) is -1.23. The van der Waals surface area contributed by atoms with E-state index in [4.69, 9.17) is 28.4 Å². The van der Waals surface area contributed by atoms with Crippen LogP contribution >= 0.6 is 0 Å². The standard InChI is InChI=1S/C26H31NO9/c1-24(2)31-14-17-19(33-24)20-21(35-25(3,4)34-20)26(5,36-22(30)15-9-7-6-8-10-15)23(32-17)27-12-11-16(28)13-18(27)29/h6-12,17,19-21,23H,13-14H2,1-5H3/t17?,19-,20?,21+,23-,26-/m1/s1. The number of carbonyl (C=O) groups is 3. The van der Waals surface area contributed by atoms with Crippen molar-refractivity contribution in [3.05, 3.63) is 48.2 Å². The number of hydrogen-bond donors (Lipinski definition) is 0. The Bertz CT molecular complexity index is 1080. The Morgan fingerprint density at radius 1 is 0.972 bits per heavy atom. The highest BCUT2D eigenvalue weighted by atomic mass is 16.8. The molecule has 3 fully saturated rings. The lowest BCUT2D eigenvalue weighted by Gasteiger charge is -2.44. The summed E-state index contributed by atoms with van der Waals surface area (Å²) < 4.78 is 37.4. The van der Waals surface area contributed by atoms with Gasteiger partial charge in [-0.1, -0.05) is 18.2 Å². The number of hydrogen-bond acceptors (Lipinski definition) is 9. The first-order valence-corrected chi connectivity index (χ1v) is 12.0. The largest absolute Gasteiger partial charge is 0.448 e. The smallest absolute Gasteiger partial charge is 0.338 e. The Kier molecular flexibility index (Phi) is 6.08. The van der Waals surface area contributed by atoms with Gasteiger partial charge in [0.25, 0.3) is 0 Å². The molecule has 10 heteroatoms. The minimum absolute atomic E-state index is 0.147. The lowest BCUT2D eigenvalue weighted by atomic mass is 9.89. The Balaban J connectivity index is 1.62. The first-order valence-electron chi connectivity index (χ1n) is 12.0. The lowest BCUT2D eigenvalue weighted by molar-refractivity contribution is -0.334. The van der Waals surface area contributed by atoms with Crippen molar-refractivity contribution in [1.29, 1.82) is 0 Å². The fourth-order valence-electron chi connectivity index (χ4n) is 5.16. The number of benzene rings is 1. The van der Waals surface area contributed by atoms with E-state index < -0.39 is 59.7 Å². The van der Waals surface area contributed by atoms with E-state index in [0.29, 0.717) is 5.56 Å². The molecule has 4 aliphatic heterocycles. The lowest BCUT2D eigenvalue weighted by Crippen LogP contribution is -2.62. The van der Waals surface area contributed by atoms with E-state index in [-0.39, 0.29) is 18.8 Å². The first-order chi connectivity index (χ1) is 16.9. The molecule has 0 aromatic heterocycles. The van der Waals surface area contributed by atoms with Crippen molar-refractivity contribution in [2.45, 2.75) is 88.9 Å². The van der Waals surface area contributed by atoms with Crippen molar-refractivity contribution in [2.75, 3.05) is 6.61 Å². The van der Waals surface area contributed by atoms with E-state index in [1.54, 1.807) is 65.0 Å². The molecule has 0 aliphatic carbocycles. The van der Waals surface area contributed by atoms with Gasteiger partial charge >= 0.3 is 5.97 Å². The molecule has 0 N–H and O–H groups in total. The summed E-state index contributed by atoms with van der Waals surface area (Å²) in [6.07, 6.45) is -1.74. The van der Waals surface area contributed by atoms with E-state index in [1.807, 2.05) is 0 Å². The first kappa shape index (κ1) is 25.0. The van der Waals surface area contributed by atoms with Crippen molar-refractivity contribution >= 4 is 17.7 Å². The molecular formula is C26H31NO9. The molecule has 4 aliphatic rings. The van der Waals surface area contributed by atoms with Gasteiger partial charge in [-0.15, -0.1) is 0 Å². The molecule has 194 valence electrons. The molecule has 0 saturated carbocycles. The number of amides is 1. The number of nitrogens with zero attached hydrogens (tertiary/aromatic N) is 1. The third-order valence-corrected chi connectivity index (χ3v) is 6.80. The van der Waals surface area contributed by atoms with E-state index in [2.05, 4.69) is 0 Å². The molecule has 1 amide bonds. The highest BCUT2D eigenvalue weighted by Gasteiger charge is 2.66. The fraction of sp³-hybridized carbons (Fsp3) is 0.577. The monoisotopic (exact) mass is 501 g/mol. The number of allylic oxidation sites excluding steroid dienone is 1. The number of fused-ring (bicyclic) bond motifs is 3. The zero-order valence-electron chi connectivity index (χ0n) is 21.0. The normalized spacial score (nSPS) is 37.1. The Labute approximate surface area is 209 Å². The quantitative estimate of drug-likeness (QED) is 0.455. The maximum absolute atomic E-state index is 13.4. The predicted octanol–water partition coefficient (Wildman–Crippen LogP) is 2.31. The van der Waals surface area contributed by atoms with Crippen molar-refractivity contribution in [2.24, 2.45) is 0 Å². The van der Waals surface area contributed by atoms with Crippen molar-refractivity contribution in [3.8, 4) is 0 Å². The predicted molar refractivity (Wildman–Crippen MR) is 123 cm³/mol. The number of carbonyl (C=O) groups excluding carboxylic acids is 3. The van der Waals surface area contributed by atoms with Crippen LogP contribution in [0.2, 0.25) is 0 Å². The second kappa shape index (κ2) is 8.74. The van der Waals surface area contributed by atoms with Gasteiger partial charge in [0.1, 0.15) is 24.4 Å². The van der Waals surface area contributed by atoms with E-state index >= 15 is 0 Å². The Morgan fingerprint density at radius 2 is 1.67 bits per heavy atom. The van der Waals surface area contributed by atoms with Gasteiger partial charge in [0, 0.05) is 6.20 Å².